The molecule has 1 fully saturated rings. The second-order valence-electron chi connectivity index (χ2n) is 4.35. The molecule has 0 aromatic rings. The van der Waals surface area contributed by atoms with E-state index in [1.54, 1.807) is 11.9 Å². The number of likely N-dealkylation sites (N-methyl/N-ethyl adjacent to an activating group) is 1. The maximum absolute atomic E-state index is 12.0. The third-order valence-corrected chi connectivity index (χ3v) is 2.91. The van der Waals surface area contributed by atoms with Crippen molar-refractivity contribution in [1.29, 1.82) is 0 Å². The highest BCUT2D eigenvalue weighted by Crippen LogP contribution is 2.14. The predicted octanol–water partition coefficient (Wildman–Crippen LogP) is -0.548. The number of methoxy groups -OCH3 is 1. The number of hydrogen-bond donors (Lipinski definition) is 2. The van der Waals surface area contributed by atoms with Crippen molar-refractivity contribution in [2.45, 2.75) is 18.9 Å². The molecule has 1 atom stereocenters. The van der Waals surface area contributed by atoms with E-state index in [9.17, 15) is 9.90 Å². The topological polar surface area (TPSA) is 61.8 Å². The summed E-state index contributed by atoms with van der Waals surface area (Å²) in [4.78, 5) is 13.6. The van der Waals surface area contributed by atoms with Crippen molar-refractivity contribution in [2.24, 2.45) is 5.92 Å². The lowest BCUT2D eigenvalue weighted by Gasteiger charge is -2.28. The minimum atomic E-state index is -0.597. The van der Waals surface area contributed by atoms with Crippen LogP contribution in [0.4, 0.5) is 0 Å². The molecule has 0 spiro atoms. The first kappa shape index (κ1) is 13.4. The van der Waals surface area contributed by atoms with E-state index in [0.717, 1.165) is 25.9 Å². The molecule has 0 radical (unpaired) electrons. The quantitative estimate of drug-likeness (QED) is 0.665. The first-order valence-electron chi connectivity index (χ1n) is 5.78. The number of nitrogens with one attached hydrogen (secondary N) is 1. The number of piperidine rings is 1. The van der Waals surface area contributed by atoms with Crippen LogP contribution in [-0.2, 0) is 9.53 Å². The number of rotatable bonds is 5. The van der Waals surface area contributed by atoms with Crippen molar-refractivity contribution < 1.29 is 14.6 Å². The Morgan fingerprint density at radius 2 is 2.19 bits per heavy atom. The third kappa shape index (κ3) is 4.08. The molecule has 0 bridgehead atoms. The minimum Gasteiger partial charge on any atom is -0.389 e. The van der Waals surface area contributed by atoms with Crippen LogP contribution < -0.4 is 5.32 Å². The molecule has 5 nitrogen and oxygen atoms in total. The lowest BCUT2D eigenvalue weighted by atomic mass is 9.96. The molecule has 5 heteroatoms. The normalized spacial score (nSPS) is 19.4. The van der Waals surface area contributed by atoms with E-state index in [-0.39, 0.29) is 18.4 Å². The number of aliphatic hydroxyl groups excluding tert-OH is 1. The Morgan fingerprint density at radius 1 is 1.56 bits per heavy atom. The number of hydrogen-bond acceptors (Lipinski definition) is 4. The van der Waals surface area contributed by atoms with Gasteiger partial charge in [0.2, 0.25) is 5.91 Å². The Bertz CT molecular complexity index is 217. The zero-order valence-corrected chi connectivity index (χ0v) is 10.1. The van der Waals surface area contributed by atoms with Gasteiger partial charge in [0, 0.05) is 26.6 Å². The van der Waals surface area contributed by atoms with Gasteiger partial charge in [-0.25, -0.2) is 0 Å². The van der Waals surface area contributed by atoms with Gasteiger partial charge in [-0.1, -0.05) is 0 Å². The predicted molar refractivity (Wildman–Crippen MR) is 61.1 cm³/mol. The molecular formula is C11H22N2O3. The SMILES string of the molecule is COCC(O)CN(C)C(=O)C1CCNCC1. The van der Waals surface area contributed by atoms with E-state index in [4.69, 9.17) is 4.74 Å². The van der Waals surface area contributed by atoms with Gasteiger partial charge in [0.05, 0.1) is 12.7 Å². The molecule has 0 aromatic carbocycles. The van der Waals surface area contributed by atoms with Gasteiger partial charge in [-0.05, 0) is 25.9 Å². The third-order valence-electron chi connectivity index (χ3n) is 2.91. The summed E-state index contributed by atoms with van der Waals surface area (Å²) in [5.74, 6) is 0.248. The van der Waals surface area contributed by atoms with E-state index in [1.165, 1.54) is 7.11 Å². The van der Waals surface area contributed by atoms with Gasteiger partial charge >= 0.3 is 0 Å². The first-order chi connectivity index (χ1) is 7.65. The van der Waals surface area contributed by atoms with E-state index in [0.29, 0.717) is 6.54 Å². The van der Waals surface area contributed by atoms with Crippen molar-refractivity contribution in [3.8, 4) is 0 Å². The van der Waals surface area contributed by atoms with Gasteiger partial charge in [-0.2, -0.15) is 0 Å². The molecule has 2 N–H and O–H groups in total. The van der Waals surface area contributed by atoms with Gasteiger partial charge in [0.1, 0.15) is 0 Å². The second kappa shape index (κ2) is 6.83. The Hall–Kier alpha value is -0.650. The number of carbonyl (C=O) groups is 1. The molecular weight excluding hydrogens is 208 g/mol. The van der Waals surface area contributed by atoms with E-state index in [1.807, 2.05) is 0 Å². The van der Waals surface area contributed by atoms with Crippen LogP contribution in [0.25, 0.3) is 0 Å². The van der Waals surface area contributed by atoms with Crippen molar-refractivity contribution in [3.05, 3.63) is 0 Å². The molecule has 0 saturated carbocycles. The van der Waals surface area contributed by atoms with Crippen molar-refractivity contribution in [1.82, 2.24) is 10.2 Å². The average Bonchev–Trinajstić information content (AvgIpc) is 2.29. The fourth-order valence-electron chi connectivity index (χ4n) is 2.03. The molecule has 1 aliphatic heterocycles. The van der Waals surface area contributed by atoms with Crippen LogP contribution in [-0.4, -0.2) is 62.4 Å². The average molecular weight is 230 g/mol. The van der Waals surface area contributed by atoms with Crippen LogP contribution in [0.2, 0.25) is 0 Å². The van der Waals surface area contributed by atoms with Crippen molar-refractivity contribution in [2.75, 3.05) is 40.4 Å². The monoisotopic (exact) mass is 230 g/mol. The maximum atomic E-state index is 12.0. The second-order valence-corrected chi connectivity index (χ2v) is 4.35. The van der Waals surface area contributed by atoms with E-state index < -0.39 is 6.10 Å². The highest BCUT2D eigenvalue weighted by atomic mass is 16.5. The summed E-state index contributed by atoms with van der Waals surface area (Å²) in [5, 5.41) is 12.8. The molecule has 16 heavy (non-hydrogen) atoms. The fourth-order valence-corrected chi connectivity index (χ4v) is 2.03. The molecule has 1 unspecified atom stereocenters. The first-order valence-corrected chi connectivity index (χ1v) is 5.78. The standard InChI is InChI=1S/C11H22N2O3/c1-13(7-10(14)8-16-2)11(15)9-3-5-12-6-4-9/h9-10,12,14H,3-8H2,1-2H3. The van der Waals surface area contributed by atoms with Gasteiger partial charge in [0.15, 0.2) is 0 Å². The van der Waals surface area contributed by atoms with Crippen molar-refractivity contribution in [3.63, 3.8) is 0 Å². The summed E-state index contributed by atoms with van der Waals surface area (Å²) in [7, 11) is 3.28. The lowest BCUT2D eigenvalue weighted by molar-refractivity contribution is -0.136. The van der Waals surface area contributed by atoms with Gasteiger partial charge < -0.3 is 20.1 Å². The van der Waals surface area contributed by atoms with Crippen LogP contribution >= 0.6 is 0 Å². The molecule has 1 saturated heterocycles. The van der Waals surface area contributed by atoms with Gasteiger partial charge in [0.25, 0.3) is 0 Å². The van der Waals surface area contributed by atoms with Crippen LogP contribution in [0.5, 0.6) is 0 Å². The molecule has 1 heterocycles. The summed E-state index contributed by atoms with van der Waals surface area (Å²) in [5.41, 5.74) is 0. The Labute approximate surface area is 96.8 Å². The fraction of sp³-hybridized carbons (Fsp3) is 0.909. The molecule has 94 valence electrons. The van der Waals surface area contributed by atoms with Gasteiger partial charge in [-0.3, -0.25) is 4.79 Å². The zero-order chi connectivity index (χ0) is 12.0. The highest BCUT2D eigenvalue weighted by Gasteiger charge is 2.24. The van der Waals surface area contributed by atoms with Gasteiger partial charge in [-0.15, -0.1) is 0 Å². The minimum absolute atomic E-state index is 0.112. The van der Waals surface area contributed by atoms with Crippen LogP contribution in [0.15, 0.2) is 0 Å². The number of amides is 1. The van der Waals surface area contributed by atoms with Crippen LogP contribution in [0.3, 0.4) is 0 Å². The molecule has 1 aliphatic rings. The number of aliphatic hydroxyl groups is 1. The summed E-state index contributed by atoms with van der Waals surface area (Å²) in [6.45, 7) is 2.43. The number of carbonyl (C=O) groups excluding carboxylic acids is 1. The summed E-state index contributed by atoms with van der Waals surface area (Å²) >= 11 is 0. The maximum Gasteiger partial charge on any atom is 0.225 e. The summed E-state index contributed by atoms with van der Waals surface area (Å²) < 4.78 is 4.83. The van der Waals surface area contributed by atoms with E-state index in [2.05, 4.69) is 5.32 Å². The Kier molecular flexibility index (Phi) is 5.73. The largest absolute Gasteiger partial charge is 0.389 e. The number of nitrogens with zero attached hydrogens (tertiary/aromatic N) is 1. The van der Waals surface area contributed by atoms with Crippen molar-refractivity contribution >= 4 is 5.91 Å². The molecule has 1 rings (SSSR count). The summed E-state index contributed by atoms with van der Waals surface area (Å²) in [6.07, 6.45) is 1.19. The highest BCUT2D eigenvalue weighted by molar-refractivity contribution is 5.78. The van der Waals surface area contributed by atoms with E-state index >= 15 is 0 Å². The summed E-state index contributed by atoms with van der Waals surface area (Å²) in [6, 6.07) is 0. The zero-order valence-electron chi connectivity index (χ0n) is 10.1. The molecule has 1 amide bonds. The Morgan fingerprint density at radius 3 is 2.75 bits per heavy atom. The Balaban J connectivity index is 2.34. The number of ether oxygens (including phenoxy) is 1. The molecule has 0 aliphatic carbocycles. The lowest BCUT2D eigenvalue weighted by Crippen LogP contribution is -2.42. The van der Waals surface area contributed by atoms with Crippen LogP contribution in [0.1, 0.15) is 12.8 Å². The smallest absolute Gasteiger partial charge is 0.225 e. The van der Waals surface area contributed by atoms with Crippen LogP contribution in [0, 0.1) is 5.92 Å². The molecule has 0 aromatic heterocycles.